The van der Waals surface area contributed by atoms with Crippen LogP contribution >= 0.6 is 0 Å². The van der Waals surface area contributed by atoms with E-state index in [4.69, 9.17) is 5.11 Å². The zero-order valence-electron chi connectivity index (χ0n) is 6.91. The summed E-state index contributed by atoms with van der Waals surface area (Å²) in [6.07, 6.45) is 5.97. The van der Waals surface area contributed by atoms with Gasteiger partial charge in [0, 0.05) is 19.4 Å². The number of aliphatic hydroxyl groups excluding tert-OH is 1. The van der Waals surface area contributed by atoms with Crippen LogP contribution in [-0.4, -0.2) is 16.3 Å². The van der Waals surface area contributed by atoms with Crippen molar-refractivity contribution in [3.05, 3.63) is 29.6 Å². The highest BCUT2D eigenvalue weighted by atomic mass is 16.3. The van der Waals surface area contributed by atoms with Gasteiger partial charge >= 0.3 is 0 Å². The number of rotatable bonds is 2. The number of aliphatic hydroxyl groups is 1. The summed E-state index contributed by atoms with van der Waals surface area (Å²) in [6.45, 7) is 2.04. The van der Waals surface area contributed by atoms with Crippen molar-refractivity contribution >= 4 is 6.08 Å². The third kappa shape index (κ3) is 2.24. The molecule has 0 aliphatic heterocycles. The van der Waals surface area contributed by atoms with E-state index in [0.717, 1.165) is 11.1 Å². The van der Waals surface area contributed by atoms with Crippen LogP contribution in [0, 0.1) is 0 Å². The quantitative estimate of drug-likeness (QED) is 0.679. The van der Waals surface area contributed by atoms with Crippen LogP contribution in [0.15, 0.2) is 24.0 Å². The lowest BCUT2D eigenvalue weighted by Gasteiger charge is -1.91. The summed E-state index contributed by atoms with van der Waals surface area (Å²) in [5.41, 5.74) is 2.12. The molecule has 2 heteroatoms. The molecule has 11 heavy (non-hydrogen) atoms. The van der Waals surface area contributed by atoms with Gasteiger partial charge in [-0.1, -0.05) is 6.08 Å². The lowest BCUT2D eigenvalue weighted by molar-refractivity contribution is 0.332. The largest absolute Gasteiger partial charge is 0.392 e. The summed E-state index contributed by atoms with van der Waals surface area (Å²) >= 11 is 0. The Labute approximate surface area is 66.8 Å². The Kier molecular flexibility index (Phi) is 2.49. The van der Waals surface area contributed by atoms with Crippen LogP contribution in [-0.2, 0) is 7.05 Å². The van der Waals surface area contributed by atoms with E-state index in [2.05, 4.69) is 0 Å². The first kappa shape index (κ1) is 8.08. The summed E-state index contributed by atoms with van der Waals surface area (Å²) in [4.78, 5) is 0. The van der Waals surface area contributed by atoms with Gasteiger partial charge in [-0.15, -0.1) is 0 Å². The Hall–Kier alpha value is -1.02. The summed E-state index contributed by atoms with van der Waals surface area (Å²) in [5.74, 6) is 0. The standard InChI is InChI=1S/C9H13NO/c1-8(7-11)5-9-3-4-10(2)6-9/h3-6,11H,7H2,1-2H3. The fourth-order valence-corrected chi connectivity index (χ4v) is 0.940. The molecule has 0 unspecified atom stereocenters. The predicted molar refractivity (Wildman–Crippen MR) is 46.1 cm³/mol. The average Bonchev–Trinajstić information content (AvgIpc) is 2.35. The summed E-state index contributed by atoms with van der Waals surface area (Å²) in [5, 5.41) is 8.73. The van der Waals surface area contributed by atoms with Gasteiger partial charge < -0.3 is 9.67 Å². The highest BCUT2D eigenvalue weighted by molar-refractivity contribution is 5.51. The van der Waals surface area contributed by atoms with Crippen molar-refractivity contribution in [2.45, 2.75) is 6.92 Å². The molecule has 1 aromatic heterocycles. The Bertz CT molecular complexity index is 260. The van der Waals surface area contributed by atoms with Crippen LogP contribution in [0.1, 0.15) is 12.5 Å². The molecule has 1 N–H and O–H groups in total. The molecule has 0 bridgehead atoms. The molecule has 0 aliphatic carbocycles. The molecule has 0 amide bonds. The Morgan fingerprint density at radius 3 is 2.91 bits per heavy atom. The first-order valence-corrected chi connectivity index (χ1v) is 3.62. The van der Waals surface area contributed by atoms with Crippen LogP contribution in [0.25, 0.3) is 6.08 Å². The third-order valence-corrected chi connectivity index (χ3v) is 1.52. The summed E-state index contributed by atoms with van der Waals surface area (Å²) in [7, 11) is 1.98. The van der Waals surface area contributed by atoms with E-state index < -0.39 is 0 Å². The molecule has 0 fully saturated rings. The minimum absolute atomic E-state index is 0.134. The molecule has 1 rings (SSSR count). The van der Waals surface area contributed by atoms with Gasteiger partial charge in [0.05, 0.1) is 6.61 Å². The minimum Gasteiger partial charge on any atom is -0.392 e. The fraction of sp³-hybridized carbons (Fsp3) is 0.333. The van der Waals surface area contributed by atoms with Crippen molar-refractivity contribution in [1.29, 1.82) is 0 Å². The van der Waals surface area contributed by atoms with Crippen molar-refractivity contribution < 1.29 is 5.11 Å². The van der Waals surface area contributed by atoms with Crippen LogP contribution in [0.2, 0.25) is 0 Å². The lowest BCUT2D eigenvalue weighted by atomic mass is 10.2. The van der Waals surface area contributed by atoms with Crippen molar-refractivity contribution in [2.24, 2.45) is 7.05 Å². The van der Waals surface area contributed by atoms with E-state index in [1.54, 1.807) is 0 Å². The van der Waals surface area contributed by atoms with Gasteiger partial charge in [0.2, 0.25) is 0 Å². The predicted octanol–water partition coefficient (Wildman–Crippen LogP) is 1.42. The Morgan fingerprint density at radius 1 is 1.73 bits per heavy atom. The Morgan fingerprint density at radius 2 is 2.45 bits per heavy atom. The maximum atomic E-state index is 8.73. The second kappa shape index (κ2) is 3.39. The van der Waals surface area contributed by atoms with Gasteiger partial charge in [-0.25, -0.2) is 0 Å². The molecular formula is C9H13NO. The van der Waals surface area contributed by atoms with E-state index in [0.29, 0.717) is 0 Å². The monoisotopic (exact) mass is 151 g/mol. The number of nitrogens with zero attached hydrogens (tertiary/aromatic N) is 1. The molecule has 0 aromatic carbocycles. The topological polar surface area (TPSA) is 25.2 Å². The number of hydrogen-bond donors (Lipinski definition) is 1. The third-order valence-electron chi connectivity index (χ3n) is 1.52. The van der Waals surface area contributed by atoms with Crippen LogP contribution in [0.3, 0.4) is 0 Å². The fourth-order valence-electron chi connectivity index (χ4n) is 0.940. The minimum atomic E-state index is 0.134. The molecule has 0 saturated carbocycles. The van der Waals surface area contributed by atoms with Crippen molar-refractivity contribution in [3.63, 3.8) is 0 Å². The molecule has 0 atom stereocenters. The molecule has 1 heterocycles. The van der Waals surface area contributed by atoms with Gasteiger partial charge in [0.15, 0.2) is 0 Å². The van der Waals surface area contributed by atoms with Crippen LogP contribution in [0.4, 0.5) is 0 Å². The second-order valence-corrected chi connectivity index (χ2v) is 2.76. The smallest absolute Gasteiger partial charge is 0.0642 e. The summed E-state index contributed by atoms with van der Waals surface area (Å²) in [6, 6.07) is 2.01. The van der Waals surface area contributed by atoms with Crippen LogP contribution in [0.5, 0.6) is 0 Å². The Balaban J connectivity index is 2.78. The second-order valence-electron chi connectivity index (χ2n) is 2.76. The zero-order valence-corrected chi connectivity index (χ0v) is 6.91. The van der Waals surface area contributed by atoms with E-state index >= 15 is 0 Å². The van der Waals surface area contributed by atoms with Gasteiger partial charge in [-0.3, -0.25) is 0 Å². The highest BCUT2D eigenvalue weighted by Crippen LogP contribution is 2.05. The molecule has 1 aromatic rings. The number of aryl methyl sites for hydroxylation is 1. The van der Waals surface area contributed by atoms with Gasteiger partial charge in [0.1, 0.15) is 0 Å². The number of hydrogen-bond acceptors (Lipinski definition) is 1. The zero-order chi connectivity index (χ0) is 8.27. The molecule has 2 nitrogen and oxygen atoms in total. The SMILES string of the molecule is CC(=Cc1ccn(C)c1)CO. The van der Waals surface area contributed by atoms with E-state index in [1.165, 1.54) is 0 Å². The average molecular weight is 151 g/mol. The number of aromatic nitrogens is 1. The molecule has 0 spiro atoms. The van der Waals surface area contributed by atoms with Gasteiger partial charge in [0.25, 0.3) is 0 Å². The molecule has 60 valence electrons. The van der Waals surface area contributed by atoms with Crippen LogP contribution < -0.4 is 0 Å². The molecule has 0 saturated heterocycles. The maximum absolute atomic E-state index is 8.73. The van der Waals surface area contributed by atoms with Crippen molar-refractivity contribution in [2.75, 3.05) is 6.61 Å². The molecular weight excluding hydrogens is 138 g/mol. The first-order chi connectivity index (χ1) is 5.22. The van der Waals surface area contributed by atoms with Gasteiger partial charge in [-0.05, 0) is 24.1 Å². The van der Waals surface area contributed by atoms with E-state index in [9.17, 15) is 0 Å². The first-order valence-electron chi connectivity index (χ1n) is 3.62. The highest BCUT2D eigenvalue weighted by Gasteiger charge is 1.90. The van der Waals surface area contributed by atoms with E-state index in [1.807, 2.05) is 43.1 Å². The maximum Gasteiger partial charge on any atom is 0.0642 e. The van der Waals surface area contributed by atoms with E-state index in [-0.39, 0.29) is 6.61 Å². The van der Waals surface area contributed by atoms with Crippen molar-refractivity contribution in [3.8, 4) is 0 Å². The molecule has 0 aliphatic rings. The summed E-state index contributed by atoms with van der Waals surface area (Å²) < 4.78 is 1.98. The normalized spacial score (nSPS) is 12.1. The van der Waals surface area contributed by atoms with Crippen molar-refractivity contribution in [1.82, 2.24) is 4.57 Å². The van der Waals surface area contributed by atoms with Gasteiger partial charge in [-0.2, -0.15) is 0 Å². The molecule has 0 radical (unpaired) electrons. The lowest BCUT2D eigenvalue weighted by Crippen LogP contribution is -1.82.